The first-order chi connectivity index (χ1) is 10.1. The highest BCUT2D eigenvalue weighted by Gasteiger charge is 2.45. The average molecular weight is 356 g/mol. The molecule has 3 aliphatic rings. The van der Waals surface area contributed by atoms with Crippen molar-refractivity contribution in [3.63, 3.8) is 0 Å². The molecule has 0 radical (unpaired) electrons. The van der Waals surface area contributed by atoms with Crippen LogP contribution in [0.15, 0.2) is 0 Å². The largest absolute Gasteiger partial charge is 0.347 e. The normalized spacial score (nSPS) is 29.8. The molecule has 1 unspecified atom stereocenters. The number of nitrogens with zero attached hydrogens (tertiary/aromatic N) is 2. The lowest BCUT2D eigenvalue weighted by atomic mass is 10.1. The zero-order valence-electron chi connectivity index (χ0n) is 13.0. The van der Waals surface area contributed by atoms with Crippen LogP contribution < -0.4 is 5.32 Å². The van der Waals surface area contributed by atoms with Gasteiger partial charge in [-0.2, -0.15) is 17.0 Å². The van der Waals surface area contributed by atoms with Gasteiger partial charge in [0.25, 0.3) is 10.2 Å². The molecular weight excluding hydrogens is 330 g/mol. The van der Waals surface area contributed by atoms with Gasteiger partial charge < -0.3 is 14.8 Å². The Balaban J connectivity index is 0.00000176. The highest BCUT2D eigenvalue weighted by Crippen LogP contribution is 2.33. The molecule has 7 nitrogen and oxygen atoms in total. The van der Waals surface area contributed by atoms with Gasteiger partial charge in [-0.05, 0) is 19.9 Å². The Morgan fingerprint density at radius 3 is 2.41 bits per heavy atom. The highest BCUT2D eigenvalue weighted by atomic mass is 35.5. The minimum atomic E-state index is -3.36. The molecule has 3 heterocycles. The molecule has 0 aromatic carbocycles. The van der Waals surface area contributed by atoms with Crippen LogP contribution in [-0.4, -0.2) is 75.3 Å². The first-order valence-corrected chi connectivity index (χ1v) is 9.17. The van der Waals surface area contributed by atoms with Crippen LogP contribution in [0, 0.1) is 0 Å². The maximum absolute atomic E-state index is 12.8. The number of hydrogen-bond acceptors (Lipinski definition) is 5. The third-order valence-corrected chi connectivity index (χ3v) is 6.77. The Labute approximate surface area is 138 Å². The van der Waals surface area contributed by atoms with Crippen molar-refractivity contribution in [1.29, 1.82) is 0 Å². The van der Waals surface area contributed by atoms with Gasteiger partial charge >= 0.3 is 0 Å². The molecule has 0 saturated carbocycles. The van der Waals surface area contributed by atoms with Crippen LogP contribution in [0.25, 0.3) is 0 Å². The molecular formula is C13H26ClN3O4S. The first-order valence-electron chi connectivity index (χ1n) is 7.77. The molecule has 0 aromatic heterocycles. The standard InChI is InChI=1S/C13H25N3O4S.ClH/c1-14-11-12-3-2-6-16(12)21(17,18)15-7-4-13(5-8-15)19-9-10-20-13;/h12,14H,2-11H2,1H3;1H. The van der Waals surface area contributed by atoms with Crippen molar-refractivity contribution < 1.29 is 17.9 Å². The Bertz CT molecular complexity index is 460. The topological polar surface area (TPSA) is 71.1 Å². The number of ether oxygens (including phenoxy) is 2. The van der Waals surface area contributed by atoms with E-state index >= 15 is 0 Å². The third-order valence-electron chi connectivity index (χ3n) is 4.68. The van der Waals surface area contributed by atoms with Crippen LogP contribution in [-0.2, 0) is 19.7 Å². The molecule has 3 rings (SSSR count). The summed E-state index contributed by atoms with van der Waals surface area (Å²) < 4.78 is 40.2. The molecule has 0 bridgehead atoms. The van der Waals surface area contributed by atoms with Gasteiger partial charge in [0.05, 0.1) is 13.2 Å². The van der Waals surface area contributed by atoms with Crippen LogP contribution in [0.4, 0.5) is 0 Å². The Kier molecular flexibility index (Phi) is 6.09. The molecule has 3 fully saturated rings. The minimum absolute atomic E-state index is 0. The number of likely N-dealkylation sites (N-methyl/N-ethyl adjacent to an activating group) is 1. The third kappa shape index (κ3) is 3.43. The summed E-state index contributed by atoms with van der Waals surface area (Å²) in [5.74, 6) is -0.526. The lowest BCUT2D eigenvalue weighted by molar-refractivity contribution is -0.179. The van der Waals surface area contributed by atoms with Crippen molar-refractivity contribution in [2.75, 3.05) is 46.4 Å². The number of nitrogens with one attached hydrogen (secondary N) is 1. The van der Waals surface area contributed by atoms with Crippen molar-refractivity contribution in [1.82, 2.24) is 13.9 Å². The van der Waals surface area contributed by atoms with E-state index in [4.69, 9.17) is 9.47 Å². The van der Waals surface area contributed by atoms with E-state index < -0.39 is 16.0 Å². The van der Waals surface area contributed by atoms with Gasteiger partial charge in [-0.3, -0.25) is 0 Å². The van der Waals surface area contributed by atoms with Crippen LogP contribution in [0.2, 0.25) is 0 Å². The molecule has 0 amide bonds. The molecule has 1 N–H and O–H groups in total. The summed E-state index contributed by atoms with van der Waals surface area (Å²) in [4.78, 5) is 0. The van der Waals surface area contributed by atoms with Gasteiger partial charge in [-0.25, -0.2) is 0 Å². The number of halogens is 1. The fraction of sp³-hybridized carbons (Fsp3) is 1.00. The fourth-order valence-corrected chi connectivity index (χ4v) is 5.40. The summed E-state index contributed by atoms with van der Waals surface area (Å²) in [5, 5.41) is 3.09. The number of piperidine rings is 1. The molecule has 22 heavy (non-hydrogen) atoms. The monoisotopic (exact) mass is 355 g/mol. The molecule has 1 spiro atoms. The van der Waals surface area contributed by atoms with Gasteiger partial charge in [0.1, 0.15) is 0 Å². The van der Waals surface area contributed by atoms with E-state index in [0.717, 1.165) is 12.8 Å². The number of rotatable bonds is 4. The summed E-state index contributed by atoms with van der Waals surface area (Å²) in [5.41, 5.74) is 0. The summed E-state index contributed by atoms with van der Waals surface area (Å²) in [6, 6.07) is 0.0786. The van der Waals surface area contributed by atoms with Crippen molar-refractivity contribution in [2.24, 2.45) is 0 Å². The van der Waals surface area contributed by atoms with Crippen LogP contribution in [0.3, 0.4) is 0 Å². The summed E-state index contributed by atoms with van der Waals surface area (Å²) in [7, 11) is -1.50. The van der Waals surface area contributed by atoms with E-state index in [1.807, 2.05) is 7.05 Å². The summed E-state index contributed by atoms with van der Waals surface area (Å²) in [6.07, 6.45) is 3.12. The Morgan fingerprint density at radius 2 is 1.82 bits per heavy atom. The smallest absolute Gasteiger partial charge is 0.282 e. The quantitative estimate of drug-likeness (QED) is 0.778. The predicted octanol–water partition coefficient (Wildman–Crippen LogP) is 0.176. The molecule has 9 heteroatoms. The predicted molar refractivity (Wildman–Crippen MR) is 85.3 cm³/mol. The molecule has 3 saturated heterocycles. The fourth-order valence-electron chi connectivity index (χ4n) is 3.54. The molecule has 0 aromatic rings. The second-order valence-electron chi connectivity index (χ2n) is 5.98. The van der Waals surface area contributed by atoms with Crippen molar-refractivity contribution in [2.45, 2.75) is 37.5 Å². The van der Waals surface area contributed by atoms with E-state index in [1.54, 1.807) is 8.61 Å². The van der Waals surface area contributed by atoms with Gasteiger partial charge in [0.2, 0.25) is 0 Å². The van der Waals surface area contributed by atoms with Crippen LogP contribution in [0.5, 0.6) is 0 Å². The maximum Gasteiger partial charge on any atom is 0.282 e. The first kappa shape index (κ1) is 18.4. The van der Waals surface area contributed by atoms with Gasteiger partial charge in [0.15, 0.2) is 5.79 Å². The lowest BCUT2D eigenvalue weighted by Gasteiger charge is -2.39. The zero-order chi connectivity index (χ0) is 14.9. The molecule has 3 aliphatic heterocycles. The Morgan fingerprint density at radius 1 is 1.18 bits per heavy atom. The summed E-state index contributed by atoms with van der Waals surface area (Å²) >= 11 is 0. The van der Waals surface area contributed by atoms with Crippen LogP contribution in [0.1, 0.15) is 25.7 Å². The highest BCUT2D eigenvalue weighted by molar-refractivity contribution is 7.86. The summed E-state index contributed by atoms with van der Waals surface area (Å²) in [6.45, 7) is 3.52. The SMILES string of the molecule is CNCC1CCCN1S(=O)(=O)N1CCC2(CC1)OCCO2.Cl. The van der Waals surface area contributed by atoms with Crippen molar-refractivity contribution in [3.8, 4) is 0 Å². The molecule has 1 atom stereocenters. The Hall–Kier alpha value is 0.0400. The second kappa shape index (κ2) is 7.29. The van der Waals surface area contributed by atoms with E-state index in [-0.39, 0.29) is 18.4 Å². The minimum Gasteiger partial charge on any atom is -0.347 e. The average Bonchev–Trinajstić information content (AvgIpc) is 3.10. The van der Waals surface area contributed by atoms with Crippen molar-refractivity contribution >= 4 is 22.6 Å². The molecule has 0 aliphatic carbocycles. The number of hydrogen-bond donors (Lipinski definition) is 1. The van der Waals surface area contributed by atoms with E-state index in [1.165, 1.54) is 0 Å². The maximum atomic E-state index is 12.8. The van der Waals surface area contributed by atoms with Gasteiger partial charge in [0, 0.05) is 45.1 Å². The van der Waals surface area contributed by atoms with Crippen LogP contribution >= 0.6 is 12.4 Å². The lowest BCUT2D eigenvalue weighted by Crippen LogP contribution is -2.53. The van der Waals surface area contributed by atoms with Gasteiger partial charge in [-0.15, -0.1) is 12.4 Å². The van der Waals surface area contributed by atoms with Crippen molar-refractivity contribution in [3.05, 3.63) is 0 Å². The molecule has 130 valence electrons. The zero-order valence-corrected chi connectivity index (χ0v) is 14.6. The second-order valence-corrected chi connectivity index (χ2v) is 7.86. The van der Waals surface area contributed by atoms with E-state index in [9.17, 15) is 8.42 Å². The van der Waals surface area contributed by atoms with Gasteiger partial charge in [-0.1, -0.05) is 0 Å². The van der Waals surface area contributed by atoms with E-state index in [0.29, 0.717) is 52.2 Å². The van der Waals surface area contributed by atoms with E-state index in [2.05, 4.69) is 5.32 Å².